The van der Waals surface area contributed by atoms with E-state index in [1.165, 1.54) is 11.3 Å². The second-order valence-electron chi connectivity index (χ2n) is 5.75. The van der Waals surface area contributed by atoms with Crippen LogP contribution >= 0.6 is 22.7 Å². The monoisotopic (exact) mass is 395 g/mol. The lowest BCUT2D eigenvalue weighted by atomic mass is 10.1. The van der Waals surface area contributed by atoms with Gasteiger partial charge in [0.1, 0.15) is 0 Å². The first-order valence-electron chi connectivity index (χ1n) is 8.56. The summed E-state index contributed by atoms with van der Waals surface area (Å²) in [5, 5.41) is 4.79. The topological polar surface area (TPSA) is 64.1 Å². The molecule has 0 aliphatic carbocycles. The van der Waals surface area contributed by atoms with E-state index in [1.807, 2.05) is 61.5 Å². The van der Waals surface area contributed by atoms with Gasteiger partial charge in [0.05, 0.1) is 28.9 Å². The summed E-state index contributed by atoms with van der Waals surface area (Å²) < 4.78 is 6.23. The van der Waals surface area contributed by atoms with Crippen molar-refractivity contribution in [2.75, 3.05) is 11.9 Å². The SMILES string of the molecule is CCOC(=O)Cc1sc(Nc2nc3ccccc3s2)nc1-c1ccccc1. The number of hydrogen-bond acceptors (Lipinski definition) is 7. The first-order chi connectivity index (χ1) is 13.2. The number of para-hydroxylation sites is 1. The Labute approximate surface area is 164 Å². The molecule has 0 aliphatic rings. The van der Waals surface area contributed by atoms with Crippen LogP contribution in [0.3, 0.4) is 0 Å². The Morgan fingerprint density at radius 2 is 1.74 bits per heavy atom. The number of hydrogen-bond donors (Lipinski definition) is 1. The summed E-state index contributed by atoms with van der Waals surface area (Å²) in [6, 6.07) is 17.9. The maximum Gasteiger partial charge on any atom is 0.311 e. The van der Waals surface area contributed by atoms with Crippen LogP contribution in [0.25, 0.3) is 21.5 Å². The number of benzene rings is 2. The van der Waals surface area contributed by atoms with Gasteiger partial charge in [0, 0.05) is 10.4 Å². The van der Waals surface area contributed by atoms with Crippen molar-refractivity contribution >= 4 is 49.1 Å². The molecule has 0 spiro atoms. The average Bonchev–Trinajstić information content (AvgIpc) is 3.26. The van der Waals surface area contributed by atoms with E-state index in [9.17, 15) is 4.79 Å². The molecule has 2 aromatic carbocycles. The van der Waals surface area contributed by atoms with E-state index in [0.717, 1.165) is 31.5 Å². The third kappa shape index (κ3) is 3.99. The lowest BCUT2D eigenvalue weighted by Gasteiger charge is -2.02. The van der Waals surface area contributed by atoms with Gasteiger partial charge in [0.2, 0.25) is 0 Å². The quantitative estimate of drug-likeness (QED) is 0.451. The van der Waals surface area contributed by atoms with Gasteiger partial charge in [0.25, 0.3) is 0 Å². The fourth-order valence-electron chi connectivity index (χ4n) is 2.71. The number of fused-ring (bicyclic) bond motifs is 1. The summed E-state index contributed by atoms with van der Waals surface area (Å²) in [7, 11) is 0. The van der Waals surface area contributed by atoms with Gasteiger partial charge in [0.15, 0.2) is 10.3 Å². The number of aromatic nitrogens is 2. The van der Waals surface area contributed by atoms with E-state index < -0.39 is 0 Å². The molecule has 0 bridgehead atoms. The number of esters is 1. The van der Waals surface area contributed by atoms with Crippen LogP contribution in [0.15, 0.2) is 54.6 Å². The molecule has 0 unspecified atom stereocenters. The van der Waals surface area contributed by atoms with E-state index in [1.54, 1.807) is 11.3 Å². The van der Waals surface area contributed by atoms with Crippen molar-refractivity contribution in [2.24, 2.45) is 0 Å². The van der Waals surface area contributed by atoms with Gasteiger partial charge in [-0.05, 0) is 19.1 Å². The first kappa shape index (κ1) is 17.6. The summed E-state index contributed by atoms with van der Waals surface area (Å²) in [4.78, 5) is 22.2. The lowest BCUT2D eigenvalue weighted by molar-refractivity contribution is -0.142. The predicted molar refractivity (Wildman–Crippen MR) is 111 cm³/mol. The zero-order valence-corrected chi connectivity index (χ0v) is 16.3. The minimum Gasteiger partial charge on any atom is -0.466 e. The Kier molecular flexibility index (Phi) is 5.13. The summed E-state index contributed by atoms with van der Waals surface area (Å²) >= 11 is 3.03. The van der Waals surface area contributed by atoms with Gasteiger partial charge in [-0.1, -0.05) is 53.8 Å². The summed E-state index contributed by atoms with van der Waals surface area (Å²) in [5.41, 5.74) is 2.74. The molecule has 0 saturated heterocycles. The Bertz CT molecular complexity index is 1040. The van der Waals surface area contributed by atoms with Crippen molar-refractivity contribution in [3.05, 3.63) is 59.5 Å². The summed E-state index contributed by atoms with van der Waals surface area (Å²) in [6.07, 6.45) is 0.206. The molecular formula is C20H17N3O2S2. The third-order valence-corrected chi connectivity index (χ3v) is 5.79. The number of thiazole rings is 2. The fraction of sp³-hybridized carbons (Fsp3) is 0.150. The maximum atomic E-state index is 12.0. The van der Waals surface area contributed by atoms with Crippen LogP contribution in [0.5, 0.6) is 0 Å². The number of ether oxygens (including phenoxy) is 1. The van der Waals surface area contributed by atoms with Crippen molar-refractivity contribution < 1.29 is 9.53 Å². The van der Waals surface area contributed by atoms with Crippen molar-refractivity contribution in [3.63, 3.8) is 0 Å². The zero-order valence-electron chi connectivity index (χ0n) is 14.6. The Morgan fingerprint density at radius 1 is 1.00 bits per heavy atom. The molecule has 4 rings (SSSR count). The number of carbonyl (C=O) groups is 1. The molecule has 7 heteroatoms. The number of anilines is 2. The minimum atomic E-state index is -0.245. The van der Waals surface area contributed by atoms with Crippen LogP contribution in [-0.2, 0) is 16.0 Å². The molecule has 2 aromatic heterocycles. The molecule has 0 atom stereocenters. The average molecular weight is 396 g/mol. The van der Waals surface area contributed by atoms with Gasteiger partial charge in [-0.2, -0.15) is 0 Å². The smallest absolute Gasteiger partial charge is 0.311 e. The van der Waals surface area contributed by atoms with E-state index >= 15 is 0 Å². The minimum absolute atomic E-state index is 0.206. The third-order valence-electron chi connectivity index (χ3n) is 3.86. The number of carbonyl (C=O) groups excluding carboxylic acids is 1. The van der Waals surface area contributed by atoms with Crippen LogP contribution in [0.2, 0.25) is 0 Å². The molecular weight excluding hydrogens is 378 g/mol. The van der Waals surface area contributed by atoms with E-state index in [0.29, 0.717) is 11.7 Å². The summed E-state index contributed by atoms with van der Waals surface area (Å²) in [5.74, 6) is -0.245. The number of rotatable bonds is 6. The molecule has 2 heterocycles. The Morgan fingerprint density at radius 3 is 2.52 bits per heavy atom. The highest BCUT2D eigenvalue weighted by Gasteiger charge is 2.17. The summed E-state index contributed by atoms with van der Waals surface area (Å²) in [6.45, 7) is 2.18. The van der Waals surface area contributed by atoms with Crippen molar-refractivity contribution in [2.45, 2.75) is 13.3 Å². The second-order valence-corrected chi connectivity index (χ2v) is 7.86. The van der Waals surface area contributed by atoms with Crippen molar-refractivity contribution in [3.8, 4) is 11.3 Å². The van der Waals surface area contributed by atoms with E-state index in [2.05, 4.69) is 10.3 Å². The molecule has 136 valence electrons. The standard InChI is InChI=1S/C20H17N3O2S2/c1-2-25-17(24)12-16-18(13-8-4-3-5-9-13)22-20(27-16)23-19-21-14-10-6-7-11-15(14)26-19/h3-11H,2,12H2,1H3,(H,21,22,23). The maximum absolute atomic E-state index is 12.0. The zero-order chi connectivity index (χ0) is 18.6. The second kappa shape index (κ2) is 7.85. The van der Waals surface area contributed by atoms with Crippen LogP contribution < -0.4 is 5.32 Å². The Hall–Kier alpha value is -2.77. The van der Waals surface area contributed by atoms with Crippen LogP contribution in [0.4, 0.5) is 10.3 Å². The number of nitrogens with one attached hydrogen (secondary N) is 1. The molecule has 0 fully saturated rings. The first-order valence-corrected chi connectivity index (χ1v) is 10.2. The van der Waals surface area contributed by atoms with Crippen molar-refractivity contribution in [1.82, 2.24) is 9.97 Å². The van der Waals surface area contributed by atoms with E-state index in [-0.39, 0.29) is 12.4 Å². The molecule has 27 heavy (non-hydrogen) atoms. The normalized spacial score (nSPS) is 10.9. The predicted octanol–water partition coefficient (Wildman–Crippen LogP) is 5.27. The molecule has 5 nitrogen and oxygen atoms in total. The van der Waals surface area contributed by atoms with Crippen LogP contribution in [-0.4, -0.2) is 22.5 Å². The number of nitrogens with zero attached hydrogens (tertiary/aromatic N) is 2. The lowest BCUT2D eigenvalue weighted by Crippen LogP contribution is -2.07. The van der Waals surface area contributed by atoms with Gasteiger partial charge < -0.3 is 10.1 Å². The van der Waals surface area contributed by atoms with Gasteiger partial charge in [-0.15, -0.1) is 11.3 Å². The highest BCUT2D eigenvalue weighted by atomic mass is 32.1. The molecule has 0 radical (unpaired) electrons. The largest absolute Gasteiger partial charge is 0.466 e. The highest BCUT2D eigenvalue weighted by molar-refractivity contribution is 7.22. The molecule has 0 saturated carbocycles. The molecule has 1 N–H and O–H groups in total. The molecule has 4 aromatic rings. The van der Waals surface area contributed by atoms with Crippen LogP contribution in [0, 0.1) is 0 Å². The molecule has 0 amide bonds. The van der Waals surface area contributed by atoms with Gasteiger partial charge in [-0.3, -0.25) is 4.79 Å². The highest BCUT2D eigenvalue weighted by Crippen LogP contribution is 2.35. The Balaban J connectivity index is 1.66. The van der Waals surface area contributed by atoms with Gasteiger partial charge >= 0.3 is 5.97 Å². The van der Waals surface area contributed by atoms with Crippen molar-refractivity contribution in [1.29, 1.82) is 0 Å². The van der Waals surface area contributed by atoms with E-state index in [4.69, 9.17) is 9.72 Å². The van der Waals surface area contributed by atoms with Crippen LogP contribution in [0.1, 0.15) is 11.8 Å². The molecule has 0 aliphatic heterocycles. The van der Waals surface area contributed by atoms with Gasteiger partial charge in [-0.25, -0.2) is 9.97 Å². The fourth-order valence-corrected chi connectivity index (χ4v) is 4.60.